The van der Waals surface area contributed by atoms with E-state index in [1.165, 1.54) is 6.07 Å². The molecule has 0 saturated heterocycles. The van der Waals surface area contributed by atoms with Gasteiger partial charge in [-0.15, -0.1) is 0 Å². The molecule has 2 heterocycles. The highest BCUT2D eigenvalue weighted by Gasteiger charge is 2.17. The number of fused-ring (bicyclic) bond motifs is 1. The number of halogens is 1. The van der Waals surface area contributed by atoms with Gasteiger partial charge in [0.1, 0.15) is 0 Å². The van der Waals surface area contributed by atoms with Crippen LogP contribution >= 0.6 is 0 Å². The van der Waals surface area contributed by atoms with Crippen LogP contribution in [0, 0.1) is 5.95 Å². The standard InChI is InChI=1S/C8H10FN3/c9-7-2-1-6-8(12-7)5(10)3-4-11-6/h1-2,5,11H,3-4,10H2. The average Bonchev–Trinajstić information content (AvgIpc) is 2.07. The Morgan fingerprint density at radius 2 is 2.42 bits per heavy atom. The second-order valence-electron chi connectivity index (χ2n) is 2.89. The lowest BCUT2D eigenvalue weighted by atomic mass is 10.1. The number of nitrogens with zero attached hydrogens (tertiary/aromatic N) is 1. The first-order chi connectivity index (χ1) is 5.77. The van der Waals surface area contributed by atoms with Crippen LogP contribution in [-0.4, -0.2) is 11.5 Å². The summed E-state index contributed by atoms with van der Waals surface area (Å²) in [5, 5.41) is 3.11. The molecule has 1 aromatic rings. The molecule has 3 N–H and O–H groups in total. The molecule has 0 saturated carbocycles. The Labute approximate surface area is 69.8 Å². The van der Waals surface area contributed by atoms with Crippen LogP contribution in [0.15, 0.2) is 12.1 Å². The Bertz CT molecular complexity index is 300. The summed E-state index contributed by atoms with van der Waals surface area (Å²) in [5.74, 6) is -0.465. The van der Waals surface area contributed by atoms with Gasteiger partial charge in [-0.05, 0) is 18.6 Å². The molecule has 0 amide bonds. The van der Waals surface area contributed by atoms with E-state index in [0.29, 0.717) is 5.69 Å². The highest BCUT2D eigenvalue weighted by Crippen LogP contribution is 2.25. The average molecular weight is 167 g/mol. The van der Waals surface area contributed by atoms with Crippen molar-refractivity contribution in [3.63, 3.8) is 0 Å². The number of rotatable bonds is 0. The normalized spacial score (nSPS) is 21.3. The van der Waals surface area contributed by atoms with Crippen molar-refractivity contribution in [3.8, 4) is 0 Å². The van der Waals surface area contributed by atoms with Gasteiger partial charge < -0.3 is 11.1 Å². The smallest absolute Gasteiger partial charge is 0.213 e. The summed E-state index contributed by atoms with van der Waals surface area (Å²) < 4.78 is 12.7. The first-order valence-corrected chi connectivity index (χ1v) is 3.93. The zero-order chi connectivity index (χ0) is 8.55. The van der Waals surface area contributed by atoms with Crippen LogP contribution < -0.4 is 11.1 Å². The summed E-state index contributed by atoms with van der Waals surface area (Å²) in [7, 11) is 0. The van der Waals surface area contributed by atoms with Crippen molar-refractivity contribution < 1.29 is 4.39 Å². The summed E-state index contributed by atoms with van der Waals surface area (Å²) in [6.45, 7) is 0.835. The third-order valence-electron chi connectivity index (χ3n) is 2.01. The van der Waals surface area contributed by atoms with Crippen molar-refractivity contribution in [2.75, 3.05) is 11.9 Å². The molecular formula is C8H10FN3. The minimum absolute atomic E-state index is 0.128. The van der Waals surface area contributed by atoms with E-state index in [-0.39, 0.29) is 6.04 Å². The van der Waals surface area contributed by atoms with Gasteiger partial charge in [0.25, 0.3) is 0 Å². The molecule has 0 bridgehead atoms. The van der Waals surface area contributed by atoms with Gasteiger partial charge in [-0.25, -0.2) is 4.98 Å². The highest BCUT2D eigenvalue weighted by molar-refractivity contribution is 5.50. The van der Waals surface area contributed by atoms with Gasteiger partial charge in [0.05, 0.1) is 17.4 Å². The van der Waals surface area contributed by atoms with Crippen molar-refractivity contribution in [2.45, 2.75) is 12.5 Å². The Morgan fingerprint density at radius 1 is 1.58 bits per heavy atom. The zero-order valence-corrected chi connectivity index (χ0v) is 6.55. The van der Waals surface area contributed by atoms with Crippen molar-refractivity contribution >= 4 is 5.69 Å². The molecule has 1 aliphatic heterocycles. The third-order valence-corrected chi connectivity index (χ3v) is 2.01. The minimum atomic E-state index is -0.465. The molecule has 0 fully saturated rings. The first kappa shape index (κ1) is 7.49. The number of aromatic nitrogens is 1. The van der Waals surface area contributed by atoms with Crippen LogP contribution in [-0.2, 0) is 0 Å². The Hall–Kier alpha value is -1.16. The molecule has 2 rings (SSSR count). The fourth-order valence-corrected chi connectivity index (χ4v) is 1.38. The summed E-state index contributed by atoms with van der Waals surface area (Å²) >= 11 is 0. The summed E-state index contributed by atoms with van der Waals surface area (Å²) in [6, 6.07) is 2.89. The van der Waals surface area contributed by atoms with Gasteiger partial charge in [0, 0.05) is 6.54 Å². The number of hydrogen-bond acceptors (Lipinski definition) is 3. The van der Waals surface area contributed by atoms with E-state index in [2.05, 4.69) is 10.3 Å². The van der Waals surface area contributed by atoms with Crippen LogP contribution in [0.25, 0.3) is 0 Å². The van der Waals surface area contributed by atoms with Gasteiger partial charge in [0.15, 0.2) is 0 Å². The molecule has 1 aliphatic rings. The SMILES string of the molecule is NC1CCNc2ccc(F)nc21. The number of nitrogens with two attached hydrogens (primary N) is 1. The number of pyridine rings is 1. The molecule has 4 heteroatoms. The summed E-state index contributed by atoms with van der Waals surface area (Å²) in [6.07, 6.45) is 0.809. The lowest BCUT2D eigenvalue weighted by Gasteiger charge is -2.21. The molecule has 0 spiro atoms. The predicted octanol–water partition coefficient (Wildman–Crippen LogP) is 1.04. The molecular weight excluding hydrogens is 157 g/mol. The van der Waals surface area contributed by atoms with Gasteiger partial charge in [-0.2, -0.15) is 4.39 Å². The van der Waals surface area contributed by atoms with E-state index in [9.17, 15) is 4.39 Å². The number of hydrogen-bond donors (Lipinski definition) is 2. The molecule has 1 unspecified atom stereocenters. The highest BCUT2D eigenvalue weighted by atomic mass is 19.1. The molecule has 3 nitrogen and oxygen atoms in total. The predicted molar refractivity (Wildman–Crippen MR) is 44.2 cm³/mol. The minimum Gasteiger partial charge on any atom is -0.383 e. The molecule has 0 radical (unpaired) electrons. The van der Waals surface area contributed by atoms with Crippen LogP contribution in [0.1, 0.15) is 18.2 Å². The maximum absolute atomic E-state index is 12.7. The molecule has 12 heavy (non-hydrogen) atoms. The van der Waals surface area contributed by atoms with Crippen molar-refractivity contribution in [1.29, 1.82) is 0 Å². The lowest BCUT2D eigenvalue weighted by molar-refractivity contribution is 0.552. The second-order valence-corrected chi connectivity index (χ2v) is 2.89. The van der Waals surface area contributed by atoms with Crippen molar-refractivity contribution in [3.05, 3.63) is 23.8 Å². The second kappa shape index (κ2) is 2.71. The van der Waals surface area contributed by atoms with E-state index in [1.54, 1.807) is 6.07 Å². The summed E-state index contributed by atoms with van der Waals surface area (Å²) in [4.78, 5) is 3.74. The first-order valence-electron chi connectivity index (χ1n) is 3.93. The van der Waals surface area contributed by atoms with E-state index in [4.69, 9.17) is 5.73 Å². The van der Waals surface area contributed by atoms with Gasteiger partial charge in [-0.1, -0.05) is 0 Å². The maximum atomic E-state index is 12.7. The summed E-state index contributed by atoms with van der Waals surface area (Å²) in [5.41, 5.74) is 7.24. The largest absolute Gasteiger partial charge is 0.383 e. The van der Waals surface area contributed by atoms with Gasteiger partial charge >= 0.3 is 0 Å². The maximum Gasteiger partial charge on any atom is 0.213 e. The topological polar surface area (TPSA) is 50.9 Å². The van der Waals surface area contributed by atoms with Gasteiger partial charge in [-0.3, -0.25) is 0 Å². The number of anilines is 1. The van der Waals surface area contributed by atoms with Crippen LogP contribution in [0.3, 0.4) is 0 Å². The van der Waals surface area contributed by atoms with Crippen LogP contribution in [0.5, 0.6) is 0 Å². The van der Waals surface area contributed by atoms with Crippen LogP contribution in [0.2, 0.25) is 0 Å². The Kier molecular flexibility index (Phi) is 1.69. The molecule has 64 valence electrons. The Morgan fingerprint density at radius 3 is 3.25 bits per heavy atom. The van der Waals surface area contributed by atoms with E-state index < -0.39 is 5.95 Å². The van der Waals surface area contributed by atoms with Crippen molar-refractivity contribution in [2.24, 2.45) is 5.73 Å². The molecule has 1 aromatic heterocycles. The fourth-order valence-electron chi connectivity index (χ4n) is 1.38. The molecule has 1 atom stereocenters. The third kappa shape index (κ3) is 1.14. The van der Waals surface area contributed by atoms with Gasteiger partial charge in [0.2, 0.25) is 5.95 Å². The van der Waals surface area contributed by atoms with E-state index >= 15 is 0 Å². The van der Waals surface area contributed by atoms with Crippen LogP contribution in [0.4, 0.5) is 10.1 Å². The lowest BCUT2D eigenvalue weighted by Crippen LogP contribution is -2.24. The van der Waals surface area contributed by atoms with Crippen molar-refractivity contribution in [1.82, 2.24) is 4.98 Å². The van der Waals surface area contributed by atoms with E-state index in [1.807, 2.05) is 0 Å². The Balaban J connectivity index is 2.47. The monoisotopic (exact) mass is 167 g/mol. The molecule has 0 aromatic carbocycles. The zero-order valence-electron chi connectivity index (χ0n) is 6.55. The van der Waals surface area contributed by atoms with E-state index in [0.717, 1.165) is 18.7 Å². The number of nitrogens with one attached hydrogen (secondary N) is 1. The molecule has 0 aliphatic carbocycles. The fraction of sp³-hybridized carbons (Fsp3) is 0.375. The quantitative estimate of drug-likeness (QED) is 0.567.